The molecule has 7 nitrogen and oxygen atoms in total. The van der Waals surface area contributed by atoms with E-state index >= 15 is 0 Å². The second kappa shape index (κ2) is 6.94. The fourth-order valence-electron chi connectivity index (χ4n) is 2.47. The van der Waals surface area contributed by atoms with E-state index in [-0.39, 0.29) is 11.8 Å². The van der Waals surface area contributed by atoms with Gasteiger partial charge in [-0.15, -0.1) is 0 Å². The summed E-state index contributed by atoms with van der Waals surface area (Å²) in [5.41, 5.74) is 17.6. The quantitative estimate of drug-likeness (QED) is 0.248. The van der Waals surface area contributed by atoms with Crippen LogP contribution < -0.4 is 21.9 Å². The maximum Gasteiger partial charge on any atom is 0.343 e. The molecule has 3 rings (SSSR count). The average molecular weight is 347 g/mol. The Morgan fingerprint density at radius 1 is 0.885 bits per heavy atom. The van der Waals surface area contributed by atoms with Crippen LogP contribution in [0.5, 0.6) is 5.75 Å². The number of carbonyl (C=O) groups excluding carboxylic acids is 1. The van der Waals surface area contributed by atoms with Crippen LogP contribution in [0.3, 0.4) is 0 Å². The van der Waals surface area contributed by atoms with Crippen LogP contribution in [0.25, 0.3) is 10.8 Å². The summed E-state index contributed by atoms with van der Waals surface area (Å²) in [7, 11) is 0. The van der Waals surface area contributed by atoms with E-state index in [1.165, 1.54) is 0 Å². The number of hydrogen-bond donors (Lipinski definition) is 4. The molecule has 130 valence electrons. The molecule has 0 amide bonds. The Balaban J connectivity index is 1.84. The topological polar surface area (TPSA) is 141 Å². The van der Waals surface area contributed by atoms with Gasteiger partial charge in [-0.3, -0.25) is 5.41 Å². The Kier molecular flexibility index (Phi) is 4.53. The number of nitrogen functional groups attached to an aromatic ring is 1. The number of benzene rings is 3. The van der Waals surface area contributed by atoms with E-state index in [2.05, 4.69) is 4.99 Å². The van der Waals surface area contributed by atoms with Gasteiger partial charge >= 0.3 is 5.97 Å². The van der Waals surface area contributed by atoms with Crippen molar-refractivity contribution in [2.75, 3.05) is 0 Å². The van der Waals surface area contributed by atoms with Gasteiger partial charge in [-0.25, -0.2) is 9.79 Å². The normalized spacial score (nSPS) is 10.3. The van der Waals surface area contributed by atoms with Crippen molar-refractivity contribution < 1.29 is 9.53 Å². The van der Waals surface area contributed by atoms with E-state index < -0.39 is 5.97 Å². The number of fused-ring (bicyclic) bond motifs is 1. The molecule has 0 atom stereocenters. The third-order valence-electron chi connectivity index (χ3n) is 3.67. The summed E-state index contributed by atoms with van der Waals surface area (Å²) in [5.74, 6) is -0.194. The fraction of sp³-hybridized carbons (Fsp3) is 0. The van der Waals surface area contributed by atoms with E-state index in [9.17, 15) is 4.79 Å². The van der Waals surface area contributed by atoms with Crippen molar-refractivity contribution in [3.8, 4) is 5.75 Å². The number of hydrogen-bond acceptors (Lipinski definition) is 4. The third-order valence-corrected chi connectivity index (χ3v) is 3.67. The first-order chi connectivity index (χ1) is 12.4. The minimum Gasteiger partial charge on any atom is -0.423 e. The highest BCUT2D eigenvalue weighted by Gasteiger charge is 2.10. The zero-order valence-electron chi connectivity index (χ0n) is 13.8. The molecule has 0 bridgehead atoms. The lowest BCUT2D eigenvalue weighted by Gasteiger charge is -2.07. The molecule has 0 aliphatic carbocycles. The Bertz CT molecular complexity index is 1040. The van der Waals surface area contributed by atoms with Crippen molar-refractivity contribution in [3.63, 3.8) is 0 Å². The number of carbonyl (C=O) groups is 1. The van der Waals surface area contributed by atoms with Crippen LogP contribution in [0.1, 0.15) is 15.9 Å². The van der Waals surface area contributed by atoms with E-state index in [1.807, 2.05) is 12.1 Å². The van der Waals surface area contributed by atoms with Gasteiger partial charge in [-0.1, -0.05) is 24.3 Å². The molecule has 0 aliphatic rings. The SMILES string of the molecule is N=C(N)c1ccc2cc(OC(=O)c3cccc(N=C(N)N)c3)ccc2c1. The van der Waals surface area contributed by atoms with Crippen molar-refractivity contribution in [2.45, 2.75) is 0 Å². The minimum atomic E-state index is -0.516. The molecule has 0 spiro atoms. The van der Waals surface area contributed by atoms with Crippen LogP contribution >= 0.6 is 0 Å². The highest BCUT2D eigenvalue weighted by atomic mass is 16.5. The van der Waals surface area contributed by atoms with Crippen molar-refractivity contribution in [1.82, 2.24) is 0 Å². The first-order valence-corrected chi connectivity index (χ1v) is 7.72. The van der Waals surface area contributed by atoms with Gasteiger partial charge < -0.3 is 21.9 Å². The maximum atomic E-state index is 12.4. The van der Waals surface area contributed by atoms with Crippen molar-refractivity contribution in [2.24, 2.45) is 22.2 Å². The standard InChI is InChI=1S/C19H17N5O2/c20-17(21)13-5-4-12-10-16(7-6-11(12)8-13)26-18(25)14-2-1-3-15(9-14)24-19(22)23/h1-10H,(H3,20,21)(H4,22,23,24). The van der Waals surface area contributed by atoms with Crippen LogP contribution in [-0.4, -0.2) is 17.8 Å². The Labute approximate surface area is 149 Å². The Morgan fingerprint density at radius 2 is 1.62 bits per heavy atom. The molecule has 0 heterocycles. The summed E-state index contributed by atoms with van der Waals surface area (Å²) < 4.78 is 5.43. The number of ether oxygens (including phenoxy) is 1. The lowest BCUT2D eigenvalue weighted by Crippen LogP contribution is -2.21. The third kappa shape index (κ3) is 3.78. The number of rotatable bonds is 4. The van der Waals surface area contributed by atoms with Gasteiger partial charge in [-0.05, 0) is 47.2 Å². The van der Waals surface area contributed by atoms with Crippen molar-refractivity contribution in [1.29, 1.82) is 5.41 Å². The number of nitrogens with two attached hydrogens (primary N) is 3. The van der Waals surface area contributed by atoms with Crippen LogP contribution in [-0.2, 0) is 0 Å². The summed E-state index contributed by atoms with van der Waals surface area (Å²) in [4.78, 5) is 16.3. The molecule has 0 aromatic heterocycles. The van der Waals surface area contributed by atoms with Gasteiger partial charge in [0, 0.05) is 5.56 Å². The van der Waals surface area contributed by atoms with E-state index in [0.717, 1.165) is 10.8 Å². The molecule has 0 fully saturated rings. The second-order valence-corrected chi connectivity index (χ2v) is 5.61. The van der Waals surface area contributed by atoms with E-state index in [0.29, 0.717) is 22.6 Å². The molecular weight excluding hydrogens is 330 g/mol. The van der Waals surface area contributed by atoms with Crippen molar-refractivity contribution >= 4 is 34.2 Å². The molecular formula is C19H17N5O2. The number of nitrogens with one attached hydrogen (secondary N) is 1. The van der Waals surface area contributed by atoms with Crippen LogP contribution in [0.4, 0.5) is 5.69 Å². The first kappa shape index (κ1) is 17.0. The van der Waals surface area contributed by atoms with Gasteiger partial charge in [0.05, 0.1) is 11.3 Å². The number of nitrogens with zero attached hydrogens (tertiary/aromatic N) is 1. The van der Waals surface area contributed by atoms with Gasteiger partial charge in [0.2, 0.25) is 0 Å². The van der Waals surface area contributed by atoms with E-state index in [4.69, 9.17) is 27.3 Å². The monoisotopic (exact) mass is 347 g/mol. The molecule has 7 N–H and O–H groups in total. The summed E-state index contributed by atoms with van der Waals surface area (Å²) in [5, 5.41) is 9.25. The predicted molar refractivity (Wildman–Crippen MR) is 102 cm³/mol. The zero-order valence-corrected chi connectivity index (χ0v) is 13.8. The second-order valence-electron chi connectivity index (χ2n) is 5.61. The fourth-order valence-corrected chi connectivity index (χ4v) is 2.47. The Morgan fingerprint density at radius 3 is 2.35 bits per heavy atom. The van der Waals surface area contributed by atoms with Crippen LogP contribution in [0, 0.1) is 5.41 Å². The predicted octanol–water partition coefficient (Wildman–Crippen LogP) is 2.25. The lowest BCUT2D eigenvalue weighted by molar-refractivity contribution is 0.0735. The highest BCUT2D eigenvalue weighted by Crippen LogP contribution is 2.23. The number of esters is 1. The highest BCUT2D eigenvalue weighted by molar-refractivity contribution is 5.99. The van der Waals surface area contributed by atoms with Crippen LogP contribution in [0.2, 0.25) is 0 Å². The molecule has 0 unspecified atom stereocenters. The maximum absolute atomic E-state index is 12.4. The number of guanidine groups is 1. The van der Waals surface area contributed by atoms with Gasteiger partial charge in [-0.2, -0.15) is 0 Å². The van der Waals surface area contributed by atoms with E-state index in [1.54, 1.807) is 48.5 Å². The zero-order chi connectivity index (χ0) is 18.7. The largest absolute Gasteiger partial charge is 0.423 e. The molecule has 7 heteroatoms. The summed E-state index contributed by atoms with van der Waals surface area (Å²) in [6.07, 6.45) is 0. The Hall–Kier alpha value is -3.87. The summed E-state index contributed by atoms with van der Waals surface area (Å²) in [6, 6.07) is 17.1. The van der Waals surface area contributed by atoms with Crippen LogP contribution in [0.15, 0.2) is 65.7 Å². The number of amidine groups is 1. The van der Waals surface area contributed by atoms with Gasteiger partial charge in [0.1, 0.15) is 11.6 Å². The first-order valence-electron chi connectivity index (χ1n) is 7.72. The average Bonchev–Trinajstić information content (AvgIpc) is 2.60. The molecule has 3 aromatic rings. The molecule has 0 radical (unpaired) electrons. The molecule has 26 heavy (non-hydrogen) atoms. The lowest BCUT2D eigenvalue weighted by atomic mass is 10.1. The summed E-state index contributed by atoms with van der Waals surface area (Å²) in [6.45, 7) is 0. The molecule has 0 aliphatic heterocycles. The van der Waals surface area contributed by atoms with Gasteiger partial charge in [0.25, 0.3) is 0 Å². The summed E-state index contributed by atoms with van der Waals surface area (Å²) >= 11 is 0. The molecule has 0 saturated heterocycles. The molecule has 0 saturated carbocycles. The van der Waals surface area contributed by atoms with Gasteiger partial charge in [0.15, 0.2) is 5.96 Å². The minimum absolute atomic E-state index is 0.00283. The smallest absolute Gasteiger partial charge is 0.343 e. The van der Waals surface area contributed by atoms with Crippen molar-refractivity contribution in [3.05, 3.63) is 71.8 Å². The molecule has 3 aromatic carbocycles. The number of aliphatic imine (C=N–C) groups is 1.